The summed E-state index contributed by atoms with van der Waals surface area (Å²) in [5.74, 6) is 0.980. The molecule has 0 aliphatic carbocycles. The lowest BCUT2D eigenvalue weighted by molar-refractivity contribution is 0.0826. The molecule has 0 radical (unpaired) electrons. The van der Waals surface area contributed by atoms with Crippen LogP contribution in [0.4, 0.5) is 0 Å². The van der Waals surface area contributed by atoms with E-state index in [2.05, 4.69) is 37.1 Å². The highest BCUT2D eigenvalue weighted by atomic mass is 16.5. The Hall–Kier alpha value is -1.06. The van der Waals surface area contributed by atoms with Gasteiger partial charge in [0.25, 0.3) is 0 Å². The van der Waals surface area contributed by atoms with Crippen molar-refractivity contribution in [3.8, 4) is 5.75 Å². The van der Waals surface area contributed by atoms with Gasteiger partial charge in [0.05, 0.1) is 13.8 Å². The van der Waals surface area contributed by atoms with Crippen molar-refractivity contribution in [1.29, 1.82) is 0 Å². The molecule has 0 spiro atoms. The molecule has 0 saturated carbocycles. The zero-order chi connectivity index (χ0) is 12.7. The Morgan fingerprint density at radius 1 is 1.24 bits per heavy atom. The van der Waals surface area contributed by atoms with Gasteiger partial charge in [-0.05, 0) is 37.1 Å². The average molecular weight is 237 g/mol. The van der Waals surface area contributed by atoms with E-state index < -0.39 is 0 Å². The maximum Gasteiger partial charge on any atom is 0.122 e. The van der Waals surface area contributed by atoms with Gasteiger partial charge in [-0.25, -0.2) is 0 Å². The standard InChI is InChI=1S/C14H23NO2/c1-5-12-6-7-14(17-4)13(10-12)8-9-15(2)11-16-3/h6-7,10H,5,8-9,11H2,1-4H3. The van der Waals surface area contributed by atoms with Crippen LogP contribution < -0.4 is 4.74 Å². The first kappa shape index (κ1) is 14.0. The molecule has 0 bridgehead atoms. The van der Waals surface area contributed by atoms with Crippen LogP contribution in [0, 0.1) is 0 Å². The lowest BCUT2D eigenvalue weighted by Crippen LogP contribution is -2.23. The predicted molar refractivity (Wildman–Crippen MR) is 70.6 cm³/mol. The molecule has 1 rings (SSSR count). The van der Waals surface area contributed by atoms with E-state index in [0.717, 1.165) is 25.1 Å². The topological polar surface area (TPSA) is 21.7 Å². The monoisotopic (exact) mass is 237 g/mol. The average Bonchev–Trinajstić information content (AvgIpc) is 2.36. The van der Waals surface area contributed by atoms with E-state index in [1.807, 2.05) is 0 Å². The van der Waals surface area contributed by atoms with Crippen LogP contribution in [0.5, 0.6) is 5.75 Å². The van der Waals surface area contributed by atoms with Crippen LogP contribution in [-0.2, 0) is 17.6 Å². The maximum atomic E-state index is 5.39. The van der Waals surface area contributed by atoms with E-state index in [1.165, 1.54) is 11.1 Å². The Labute approximate surface area is 104 Å². The molecule has 17 heavy (non-hydrogen) atoms. The number of aryl methyl sites for hydroxylation is 1. The van der Waals surface area contributed by atoms with E-state index in [9.17, 15) is 0 Å². The van der Waals surface area contributed by atoms with Crippen LogP contribution in [0.1, 0.15) is 18.1 Å². The van der Waals surface area contributed by atoms with Crippen LogP contribution >= 0.6 is 0 Å². The fourth-order valence-electron chi connectivity index (χ4n) is 1.84. The summed E-state index contributed by atoms with van der Waals surface area (Å²) in [6, 6.07) is 6.42. The number of nitrogens with zero attached hydrogens (tertiary/aromatic N) is 1. The van der Waals surface area contributed by atoms with Gasteiger partial charge in [-0.1, -0.05) is 19.1 Å². The number of hydrogen-bond acceptors (Lipinski definition) is 3. The third kappa shape index (κ3) is 4.36. The van der Waals surface area contributed by atoms with E-state index >= 15 is 0 Å². The Balaban J connectivity index is 2.67. The minimum Gasteiger partial charge on any atom is -0.496 e. The third-order valence-corrected chi connectivity index (χ3v) is 2.87. The first-order valence-corrected chi connectivity index (χ1v) is 6.04. The van der Waals surface area contributed by atoms with Crippen LogP contribution in [0.3, 0.4) is 0 Å². The quantitative estimate of drug-likeness (QED) is 0.679. The second-order valence-electron chi connectivity index (χ2n) is 4.25. The fourth-order valence-corrected chi connectivity index (χ4v) is 1.84. The highest BCUT2D eigenvalue weighted by Gasteiger charge is 2.05. The molecule has 0 aliphatic rings. The SMILES string of the molecule is CCc1ccc(OC)c(CCN(C)COC)c1. The van der Waals surface area contributed by atoms with Crippen molar-refractivity contribution in [3.05, 3.63) is 29.3 Å². The Morgan fingerprint density at radius 2 is 2.00 bits per heavy atom. The molecule has 0 saturated heterocycles. The number of likely N-dealkylation sites (N-methyl/N-ethyl adjacent to an activating group) is 1. The summed E-state index contributed by atoms with van der Waals surface area (Å²) in [4.78, 5) is 2.15. The van der Waals surface area contributed by atoms with E-state index in [4.69, 9.17) is 9.47 Å². The second kappa shape index (κ2) is 7.30. The van der Waals surface area contributed by atoms with E-state index in [0.29, 0.717) is 6.73 Å². The van der Waals surface area contributed by atoms with Crippen molar-refractivity contribution in [3.63, 3.8) is 0 Å². The van der Waals surface area contributed by atoms with Crippen molar-refractivity contribution < 1.29 is 9.47 Å². The molecule has 3 heteroatoms. The predicted octanol–water partition coefficient (Wildman–Crippen LogP) is 2.34. The first-order chi connectivity index (χ1) is 8.21. The van der Waals surface area contributed by atoms with Gasteiger partial charge in [0.15, 0.2) is 0 Å². The van der Waals surface area contributed by atoms with Crippen LogP contribution in [0.25, 0.3) is 0 Å². The number of rotatable bonds is 7. The molecular formula is C14H23NO2. The van der Waals surface area contributed by atoms with Gasteiger partial charge in [0.1, 0.15) is 5.75 Å². The zero-order valence-electron chi connectivity index (χ0n) is 11.3. The van der Waals surface area contributed by atoms with Crippen molar-refractivity contribution in [1.82, 2.24) is 4.90 Å². The van der Waals surface area contributed by atoms with Gasteiger partial charge in [0.2, 0.25) is 0 Å². The zero-order valence-corrected chi connectivity index (χ0v) is 11.3. The van der Waals surface area contributed by atoms with Crippen molar-refractivity contribution in [2.24, 2.45) is 0 Å². The molecule has 0 heterocycles. The Kier molecular flexibility index (Phi) is 6.01. The molecule has 96 valence electrons. The first-order valence-electron chi connectivity index (χ1n) is 6.04. The minimum atomic E-state index is 0.662. The number of methoxy groups -OCH3 is 2. The van der Waals surface area contributed by atoms with Gasteiger partial charge < -0.3 is 9.47 Å². The Morgan fingerprint density at radius 3 is 2.59 bits per heavy atom. The molecule has 0 aliphatic heterocycles. The molecule has 0 aromatic heterocycles. The fraction of sp³-hybridized carbons (Fsp3) is 0.571. The molecular weight excluding hydrogens is 214 g/mol. The molecule has 3 nitrogen and oxygen atoms in total. The highest BCUT2D eigenvalue weighted by Crippen LogP contribution is 2.20. The van der Waals surface area contributed by atoms with Gasteiger partial charge in [0, 0.05) is 13.7 Å². The second-order valence-corrected chi connectivity index (χ2v) is 4.25. The number of benzene rings is 1. The van der Waals surface area contributed by atoms with E-state index in [-0.39, 0.29) is 0 Å². The van der Waals surface area contributed by atoms with Crippen molar-refractivity contribution in [2.75, 3.05) is 34.5 Å². The normalized spacial score (nSPS) is 10.9. The summed E-state index contributed by atoms with van der Waals surface area (Å²) in [5.41, 5.74) is 2.63. The van der Waals surface area contributed by atoms with Gasteiger partial charge in [-0.15, -0.1) is 0 Å². The van der Waals surface area contributed by atoms with Crippen LogP contribution in [0.15, 0.2) is 18.2 Å². The summed E-state index contributed by atoms with van der Waals surface area (Å²) in [6.45, 7) is 3.80. The molecule has 1 aromatic rings. The third-order valence-electron chi connectivity index (χ3n) is 2.87. The molecule has 1 aromatic carbocycles. The van der Waals surface area contributed by atoms with Crippen molar-refractivity contribution in [2.45, 2.75) is 19.8 Å². The minimum absolute atomic E-state index is 0.662. The van der Waals surface area contributed by atoms with E-state index in [1.54, 1.807) is 14.2 Å². The molecule has 0 amide bonds. The summed E-state index contributed by atoms with van der Waals surface area (Å²) in [7, 11) is 5.50. The van der Waals surface area contributed by atoms with Gasteiger partial charge in [-0.2, -0.15) is 0 Å². The summed E-state index contributed by atoms with van der Waals surface area (Å²) < 4.78 is 10.5. The van der Waals surface area contributed by atoms with Crippen LogP contribution in [0.2, 0.25) is 0 Å². The van der Waals surface area contributed by atoms with Gasteiger partial charge in [-0.3, -0.25) is 4.90 Å². The largest absolute Gasteiger partial charge is 0.496 e. The van der Waals surface area contributed by atoms with Crippen LogP contribution in [-0.4, -0.2) is 39.4 Å². The molecule has 0 atom stereocenters. The molecule has 0 N–H and O–H groups in total. The smallest absolute Gasteiger partial charge is 0.122 e. The molecule has 0 fully saturated rings. The lowest BCUT2D eigenvalue weighted by atomic mass is 10.1. The summed E-state index contributed by atoms with van der Waals surface area (Å²) in [5, 5.41) is 0. The summed E-state index contributed by atoms with van der Waals surface area (Å²) >= 11 is 0. The van der Waals surface area contributed by atoms with Gasteiger partial charge >= 0.3 is 0 Å². The lowest BCUT2D eigenvalue weighted by Gasteiger charge is -2.16. The molecule has 0 unspecified atom stereocenters. The number of ether oxygens (including phenoxy) is 2. The Bertz CT molecular complexity index is 339. The van der Waals surface area contributed by atoms with Crippen molar-refractivity contribution >= 4 is 0 Å². The maximum absolute atomic E-state index is 5.39. The highest BCUT2D eigenvalue weighted by molar-refractivity contribution is 5.37. The number of hydrogen-bond donors (Lipinski definition) is 0. The summed E-state index contributed by atoms with van der Waals surface area (Å²) in [6.07, 6.45) is 2.04.